The van der Waals surface area contributed by atoms with Crippen molar-refractivity contribution in [2.75, 3.05) is 18.4 Å². The molecule has 0 saturated carbocycles. The molecule has 0 bridgehead atoms. The maximum atomic E-state index is 13.9. The van der Waals surface area contributed by atoms with Crippen LogP contribution in [0, 0.1) is 18.7 Å². The highest BCUT2D eigenvalue weighted by Gasteiger charge is 2.32. The fraction of sp³-hybridized carbons (Fsp3) is 0.409. The van der Waals surface area contributed by atoms with Gasteiger partial charge in [0.1, 0.15) is 5.82 Å². The summed E-state index contributed by atoms with van der Waals surface area (Å²) in [4.78, 5) is 12.8. The van der Waals surface area contributed by atoms with Crippen molar-refractivity contribution in [2.24, 2.45) is 5.92 Å². The van der Waals surface area contributed by atoms with Gasteiger partial charge in [-0.15, -0.1) is 0 Å². The van der Waals surface area contributed by atoms with Crippen molar-refractivity contribution in [1.29, 1.82) is 0 Å². The van der Waals surface area contributed by atoms with E-state index >= 15 is 0 Å². The Morgan fingerprint density at radius 1 is 1.10 bits per heavy atom. The standard InChI is InChI=1S/C22H27FN2O3S/c1-15(2)17-5-7-19(8-6-17)29(27,28)25-12-10-18(11-13-25)22(26)24-21-14-16(3)4-9-20(21)23/h4-9,14-15,18H,10-13H2,1-3H3,(H,24,26). The van der Waals surface area contributed by atoms with E-state index in [1.807, 2.05) is 19.1 Å². The molecule has 3 rings (SSSR count). The monoisotopic (exact) mass is 418 g/mol. The molecule has 0 unspecified atom stereocenters. The maximum absolute atomic E-state index is 13.9. The number of benzene rings is 2. The molecule has 156 valence electrons. The van der Waals surface area contributed by atoms with E-state index in [4.69, 9.17) is 0 Å². The summed E-state index contributed by atoms with van der Waals surface area (Å²) in [6.45, 7) is 6.47. The van der Waals surface area contributed by atoms with Gasteiger partial charge in [-0.25, -0.2) is 12.8 Å². The van der Waals surface area contributed by atoms with E-state index in [0.29, 0.717) is 18.8 Å². The Hall–Kier alpha value is -2.25. The second-order valence-corrected chi connectivity index (χ2v) is 9.81. The number of carbonyl (C=O) groups excluding carboxylic acids is 1. The van der Waals surface area contributed by atoms with Crippen LogP contribution in [0.15, 0.2) is 47.4 Å². The zero-order valence-corrected chi connectivity index (χ0v) is 17.8. The number of piperidine rings is 1. The Morgan fingerprint density at radius 2 is 1.72 bits per heavy atom. The van der Waals surface area contributed by atoms with E-state index in [9.17, 15) is 17.6 Å². The molecule has 0 radical (unpaired) electrons. The number of sulfonamides is 1. The summed E-state index contributed by atoms with van der Waals surface area (Å²) in [6.07, 6.45) is 0.811. The van der Waals surface area contributed by atoms with Crippen LogP contribution in [0.25, 0.3) is 0 Å². The van der Waals surface area contributed by atoms with Gasteiger partial charge >= 0.3 is 0 Å². The Morgan fingerprint density at radius 3 is 2.31 bits per heavy atom. The Labute approximate surface area is 172 Å². The quantitative estimate of drug-likeness (QED) is 0.787. The molecule has 1 aliphatic rings. The van der Waals surface area contributed by atoms with Crippen LogP contribution >= 0.6 is 0 Å². The van der Waals surface area contributed by atoms with E-state index in [0.717, 1.165) is 11.1 Å². The lowest BCUT2D eigenvalue weighted by Crippen LogP contribution is -2.41. The molecule has 5 nitrogen and oxygen atoms in total. The molecule has 7 heteroatoms. The first kappa shape index (κ1) is 21.5. The Kier molecular flexibility index (Phi) is 6.39. The van der Waals surface area contributed by atoms with Crippen molar-refractivity contribution in [3.05, 3.63) is 59.4 Å². The summed E-state index contributed by atoms with van der Waals surface area (Å²) in [5, 5.41) is 2.64. The van der Waals surface area contributed by atoms with Crippen LogP contribution < -0.4 is 5.32 Å². The molecule has 1 saturated heterocycles. The number of hydrogen-bond donors (Lipinski definition) is 1. The summed E-state index contributed by atoms with van der Waals surface area (Å²) >= 11 is 0. The fourth-order valence-electron chi connectivity index (χ4n) is 3.50. The van der Waals surface area contributed by atoms with Crippen LogP contribution in [0.1, 0.15) is 43.7 Å². The number of amides is 1. The zero-order chi connectivity index (χ0) is 21.2. The average Bonchev–Trinajstić information content (AvgIpc) is 2.71. The molecular formula is C22H27FN2O3S. The smallest absolute Gasteiger partial charge is 0.243 e. The second kappa shape index (κ2) is 8.63. The number of hydrogen-bond acceptors (Lipinski definition) is 3. The van der Waals surface area contributed by atoms with Crippen LogP contribution in [0.2, 0.25) is 0 Å². The first-order valence-corrected chi connectivity index (χ1v) is 11.3. The number of halogens is 1. The molecule has 2 aromatic rings. The molecule has 29 heavy (non-hydrogen) atoms. The maximum Gasteiger partial charge on any atom is 0.243 e. The topological polar surface area (TPSA) is 66.5 Å². The van der Waals surface area contributed by atoms with Gasteiger partial charge in [0.15, 0.2) is 0 Å². The van der Waals surface area contributed by atoms with E-state index in [-0.39, 0.29) is 35.5 Å². The van der Waals surface area contributed by atoms with Crippen molar-refractivity contribution in [2.45, 2.75) is 44.4 Å². The number of carbonyl (C=O) groups is 1. The summed E-state index contributed by atoms with van der Waals surface area (Å²) in [7, 11) is -3.58. The molecule has 1 N–H and O–H groups in total. The molecule has 0 spiro atoms. The van der Waals surface area contributed by atoms with Gasteiger partial charge in [-0.2, -0.15) is 4.31 Å². The van der Waals surface area contributed by atoms with Crippen molar-refractivity contribution >= 4 is 21.6 Å². The van der Waals surface area contributed by atoms with Crippen LogP contribution in [0.5, 0.6) is 0 Å². The molecular weight excluding hydrogens is 391 g/mol. The van der Waals surface area contributed by atoms with Gasteiger partial charge in [0.05, 0.1) is 10.6 Å². The largest absolute Gasteiger partial charge is 0.323 e. The summed E-state index contributed by atoms with van der Waals surface area (Å²) in [5.41, 5.74) is 2.10. The summed E-state index contributed by atoms with van der Waals surface area (Å²) in [6, 6.07) is 11.5. The molecule has 1 fully saturated rings. The first-order valence-electron chi connectivity index (χ1n) is 9.85. The van der Waals surface area contributed by atoms with E-state index < -0.39 is 15.8 Å². The molecule has 0 aliphatic carbocycles. The van der Waals surface area contributed by atoms with Crippen LogP contribution in [-0.2, 0) is 14.8 Å². The Balaban J connectivity index is 1.63. The number of nitrogens with one attached hydrogen (secondary N) is 1. The van der Waals surface area contributed by atoms with Crippen molar-refractivity contribution in [1.82, 2.24) is 4.31 Å². The third-order valence-corrected chi connectivity index (χ3v) is 7.30. The highest BCUT2D eigenvalue weighted by molar-refractivity contribution is 7.89. The Bertz CT molecular complexity index is 980. The molecule has 1 heterocycles. The minimum absolute atomic E-state index is 0.162. The van der Waals surface area contributed by atoms with Crippen molar-refractivity contribution < 1.29 is 17.6 Å². The number of anilines is 1. The SMILES string of the molecule is Cc1ccc(F)c(NC(=O)C2CCN(S(=O)(=O)c3ccc(C(C)C)cc3)CC2)c1. The third kappa shape index (κ3) is 4.85. The lowest BCUT2D eigenvalue weighted by Gasteiger charge is -2.30. The third-order valence-electron chi connectivity index (χ3n) is 5.39. The minimum Gasteiger partial charge on any atom is -0.323 e. The molecule has 1 aliphatic heterocycles. The molecule has 1 amide bonds. The van der Waals surface area contributed by atoms with Crippen LogP contribution in [-0.4, -0.2) is 31.7 Å². The number of nitrogens with zero attached hydrogens (tertiary/aromatic N) is 1. The summed E-state index contributed by atoms with van der Waals surface area (Å²) in [5.74, 6) is -0.759. The average molecular weight is 419 g/mol. The van der Waals surface area contributed by atoms with Gasteiger partial charge in [-0.05, 0) is 61.1 Å². The van der Waals surface area contributed by atoms with Crippen molar-refractivity contribution in [3.8, 4) is 0 Å². The van der Waals surface area contributed by atoms with Gasteiger partial charge in [-0.1, -0.05) is 32.0 Å². The van der Waals surface area contributed by atoms with Gasteiger partial charge in [0.2, 0.25) is 15.9 Å². The normalized spacial score (nSPS) is 16.2. The van der Waals surface area contributed by atoms with E-state index in [2.05, 4.69) is 19.2 Å². The first-order chi connectivity index (χ1) is 13.7. The molecule has 0 atom stereocenters. The van der Waals surface area contributed by atoms with Crippen LogP contribution in [0.3, 0.4) is 0 Å². The minimum atomic E-state index is -3.58. The lowest BCUT2D eigenvalue weighted by atomic mass is 9.97. The number of rotatable bonds is 5. The number of aryl methyl sites for hydroxylation is 1. The van der Waals surface area contributed by atoms with E-state index in [1.54, 1.807) is 24.3 Å². The van der Waals surface area contributed by atoms with E-state index in [1.165, 1.54) is 10.4 Å². The lowest BCUT2D eigenvalue weighted by molar-refractivity contribution is -0.120. The predicted octanol–water partition coefficient (Wildman–Crippen LogP) is 4.30. The summed E-state index contributed by atoms with van der Waals surface area (Å²) < 4.78 is 41.1. The zero-order valence-electron chi connectivity index (χ0n) is 17.0. The van der Waals surface area contributed by atoms with Gasteiger partial charge in [0.25, 0.3) is 0 Å². The predicted molar refractivity (Wildman–Crippen MR) is 112 cm³/mol. The van der Waals surface area contributed by atoms with Gasteiger partial charge < -0.3 is 5.32 Å². The highest BCUT2D eigenvalue weighted by atomic mass is 32.2. The molecule has 2 aromatic carbocycles. The second-order valence-electron chi connectivity index (χ2n) is 7.87. The highest BCUT2D eigenvalue weighted by Crippen LogP contribution is 2.26. The van der Waals surface area contributed by atoms with Crippen molar-refractivity contribution in [3.63, 3.8) is 0 Å². The van der Waals surface area contributed by atoms with Gasteiger partial charge in [-0.3, -0.25) is 4.79 Å². The molecule has 0 aromatic heterocycles. The van der Waals surface area contributed by atoms with Crippen LogP contribution in [0.4, 0.5) is 10.1 Å². The van der Waals surface area contributed by atoms with Gasteiger partial charge in [0, 0.05) is 19.0 Å². The fourth-order valence-corrected chi connectivity index (χ4v) is 4.97.